The van der Waals surface area contributed by atoms with Crippen molar-refractivity contribution in [2.24, 2.45) is 0 Å². The summed E-state index contributed by atoms with van der Waals surface area (Å²) in [7, 11) is 0. The molecule has 2 aromatic carbocycles. The standard InChI is InChI=1S/C26H22ClN7O3/c27-19-10-9-16(20-7-4-8-22(28)30-20)13-18(19)25(36)31-23-14-21(26(37)33-12-11-29-24(35)15-33)32-34(23)17-5-2-1-3-6-17/h1-10,13-14H,11-12,15H2,(H2,28,30)(H,29,35)(H,31,36). The number of halogens is 1. The van der Waals surface area contributed by atoms with Crippen LogP contribution in [0.25, 0.3) is 16.9 Å². The molecule has 0 bridgehead atoms. The van der Waals surface area contributed by atoms with E-state index in [2.05, 4.69) is 20.7 Å². The van der Waals surface area contributed by atoms with Gasteiger partial charge in [0.25, 0.3) is 11.8 Å². The average molecular weight is 516 g/mol. The molecule has 1 aliphatic rings. The number of hydrogen-bond acceptors (Lipinski definition) is 6. The molecule has 3 heterocycles. The number of nitrogens with one attached hydrogen (secondary N) is 2. The number of piperazine rings is 1. The van der Waals surface area contributed by atoms with Crippen molar-refractivity contribution in [3.8, 4) is 16.9 Å². The van der Waals surface area contributed by atoms with Gasteiger partial charge in [-0.1, -0.05) is 41.9 Å². The Morgan fingerprint density at radius 1 is 1.03 bits per heavy atom. The average Bonchev–Trinajstić information content (AvgIpc) is 3.32. The summed E-state index contributed by atoms with van der Waals surface area (Å²) in [6.45, 7) is 0.675. The topological polar surface area (TPSA) is 135 Å². The van der Waals surface area contributed by atoms with Crippen LogP contribution >= 0.6 is 11.6 Å². The highest BCUT2D eigenvalue weighted by molar-refractivity contribution is 6.34. The highest BCUT2D eigenvalue weighted by atomic mass is 35.5. The molecule has 0 radical (unpaired) electrons. The zero-order valence-electron chi connectivity index (χ0n) is 19.5. The van der Waals surface area contributed by atoms with E-state index in [4.69, 9.17) is 17.3 Å². The minimum atomic E-state index is -0.496. The van der Waals surface area contributed by atoms with Gasteiger partial charge in [-0.25, -0.2) is 9.67 Å². The molecule has 0 saturated carbocycles. The van der Waals surface area contributed by atoms with Crippen molar-refractivity contribution < 1.29 is 14.4 Å². The molecule has 37 heavy (non-hydrogen) atoms. The molecule has 1 aliphatic heterocycles. The molecule has 4 aromatic rings. The molecule has 0 unspecified atom stereocenters. The summed E-state index contributed by atoms with van der Waals surface area (Å²) in [6.07, 6.45) is 0. The molecule has 10 nitrogen and oxygen atoms in total. The summed E-state index contributed by atoms with van der Waals surface area (Å²) in [5.74, 6) is -0.519. The molecule has 0 atom stereocenters. The first-order valence-electron chi connectivity index (χ1n) is 11.4. The molecule has 0 spiro atoms. The first-order chi connectivity index (χ1) is 17.9. The van der Waals surface area contributed by atoms with Crippen LogP contribution in [-0.4, -0.2) is 57.0 Å². The van der Waals surface area contributed by atoms with Crippen molar-refractivity contribution in [1.29, 1.82) is 0 Å². The Morgan fingerprint density at radius 2 is 1.84 bits per heavy atom. The van der Waals surface area contributed by atoms with Gasteiger partial charge in [-0.3, -0.25) is 14.4 Å². The number of nitrogens with zero attached hydrogens (tertiary/aromatic N) is 4. The van der Waals surface area contributed by atoms with Gasteiger partial charge in [0.05, 0.1) is 28.5 Å². The summed E-state index contributed by atoms with van der Waals surface area (Å²) in [5.41, 5.74) is 8.01. The molecule has 1 fully saturated rings. The van der Waals surface area contributed by atoms with Crippen LogP contribution in [0.15, 0.2) is 72.8 Å². The van der Waals surface area contributed by atoms with Crippen molar-refractivity contribution in [3.63, 3.8) is 0 Å². The van der Waals surface area contributed by atoms with Crippen LogP contribution in [0.3, 0.4) is 0 Å². The molecule has 11 heteroatoms. The van der Waals surface area contributed by atoms with Gasteiger partial charge < -0.3 is 21.3 Å². The van der Waals surface area contributed by atoms with Crippen LogP contribution in [0.2, 0.25) is 5.02 Å². The summed E-state index contributed by atoms with van der Waals surface area (Å²) in [6, 6.07) is 20.8. The summed E-state index contributed by atoms with van der Waals surface area (Å²) in [5, 5.41) is 10.2. The van der Waals surface area contributed by atoms with Gasteiger partial charge in [0.2, 0.25) is 5.91 Å². The lowest BCUT2D eigenvalue weighted by molar-refractivity contribution is -0.123. The monoisotopic (exact) mass is 515 g/mol. The van der Waals surface area contributed by atoms with Crippen LogP contribution in [0.1, 0.15) is 20.8 Å². The molecule has 186 valence electrons. The number of carbonyl (C=O) groups is 3. The summed E-state index contributed by atoms with van der Waals surface area (Å²) < 4.78 is 1.46. The lowest BCUT2D eigenvalue weighted by atomic mass is 10.1. The minimum Gasteiger partial charge on any atom is -0.384 e. The lowest BCUT2D eigenvalue weighted by Crippen LogP contribution is -2.50. The molecule has 5 rings (SSSR count). The quantitative estimate of drug-likeness (QED) is 0.374. The molecule has 3 amide bonds. The number of para-hydroxylation sites is 1. The molecular weight excluding hydrogens is 494 g/mol. The van der Waals surface area contributed by atoms with Crippen molar-refractivity contribution >= 4 is 41.0 Å². The van der Waals surface area contributed by atoms with Crippen LogP contribution in [-0.2, 0) is 4.79 Å². The largest absolute Gasteiger partial charge is 0.384 e. The van der Waals surface area contributed by atoms with E-state index in [-0.39, 0.29) is 34.5 Å². The van der Waals surface area contributed by atoms with Crippen LogP contribution in [0.4, 0.5) is 11.6 Å². The van der Waals surface area contributed by atoms with Gasteiger partial charge in [0.1, 0.15) is 11.6 Å². The molecule has 4 N–H and O–H groups in total. The van der Waals surface area contributed by atoms with E-state index in [0.29, 0.717) is 35.9 Å². The van der Waals surface area contributed by atoms with Gasteiger partial charge >= 0.3 is 0 Å². The smallest absolute Gasteiger partial charge is 0.274 e. The number of nitrogen functional groups attached to an aromatic ring is 1. The van der Waals surface area contributed by atoms with Crippen molar-refractivity contribution in [3.05, 3.63) is 89.1 Å². The number of nitrogens with two attached hydrogens (primary N) is 1. The number of benzene rings is 2. The third kappa shape index (κ3) is 5.14. The highest BCUT2D eigenvalue weighted by Gasteiger charge is 2.26. The first-order valence-corrected chi connectivity index (χ1v) is 11.8. The van der Waals surface area contributed by atoms with E-state index >= 15 is 0 Å². The zero-order chi connectivity index (χ0) is 25.9. The minimum absolute atomic E-state index is 0.0564. The first kappa shape index (κ1) is 24.0. The van der Waals surface area contributed by atoms with E-state index in [1.165, 1.54) is 15.6 Å². The summed E-state index contributed by atoms with van der Waals surface area (Å²) in [4.78, 5) is 44.0. The molecular formula is C26H22ClN7O3. The number of aromatic nitrogens is 3. The third-order valence-electron chi connectivity index (χ3n) is 5.77. The van der Waals surface area contributed by atoms with Crippen LogP contribution in [0, 0.1) is 0 Å². The number of carbonyl (C=O) groups excluding carboxylic acids is 3. The fourth-order valence-electron chi connectivity index (χ4n) is 3.97. The maximum atomic E-state index is 13.4. The number of hydrogen-bond donors (Lipinski definition) is 3. The van der Waals surface area contributed by atoms with Crippen molar-refractivity contribution in [2.75, 3.05) is 30.7 Å². The molecule has 0 aliphatic carbocycles. The summed E-state index contributed by atoms with van der Waals surface area (Å²) >= 11 is 6.38. The Kier molecular flexibility index (Phi) is 6.57. The Bertz CT molecular complexity index is 1500. The van der Waals surface area contributed by atoms with Crippen LogP contribution < -0.4 is 16.4 Å². The predicted molar refractivity (Wildman–Crippen MR) is 140 cm³/mol. The van der Waals surface area contributed by atoms with Crippen molar-refractivity contribution in [2.45, 2.75) is 0 Å². The Morgan fingerprint density at radius 3 is 2.59 bits per heavy atom. The molecule has 2 aromatic heterocycles. The zero-order valence-corrected chi connectivity index (χ0v) is 20.3. The fourth-order valence-corrected chi connectivity index (χ4v) is 4.17. The highest BCUT2D eigenvalue weighted by Crippen LogP contribution is 2.26. The van der Waals surface area contributed by atoms with Crippen LogP contribution in [0.5, 0.6) is 0 Å². The SMILES string of the molecule is Nc1cccc(-c2ccc(Cl)c(C(=O)Nc3cc(C(=O)N4CCNC(=O)C4)nn3-c3ccccc3)c2)n1. The predicted octanol–water partition coefficient (Wildman–Crippen LogP) is 2.99. The number of anilines is 2. The van der Waals surface area contributed by atoms with E-state index in [1.807, 2.05) is 18.2 Å². The van der Waals surface area contributed by atoms with Gasteiger partial charge in [-0.05, 0) is 36.4 Å². The van der Waals surface area contributed by atoms with E-state index in [0.717, 1.165) is 0 Å². The third-order valence-corrected chi connectivity index (χ3v) is 6.10. The van der Waals surface area contributed by atoms with Crippen molar-refractivity contribution in [1.82, 2.24) is 25.0 Å². The maximum Gasteiger partial charge on any atom is 0.274 e. The normalized spacial score (nSPS) is 13.2. The van der Waals surface area contributed by atoms with Gasteiger partial charge in [0, 0.05) is 24.7 Å². The van der Waals surface area contributed by atoms with E-state index < -0.39 is 11.8 Å². The fraction of sp³-hybridized carbons (Fsp3) is 0.115. The maximum absolute atomic E-state index is 13.4. The van der Waals surface area contributed by atoms with Gasteiger partial charge in [-0.15, -0.1) is 0 Å². The Hall–Kier alpha value is -4.70. The number of amides is 3. The number of pyridine rings is 1. The second kappa shape index (κ2) is 10.1. The number of rotatable bonds is 5. The van der Waals surface area contributed by atoms with Gasteiger partial charge in [0.15, 0.2) is 5.69 Å². The van der Waals surface area contributed by atoms with Gasteiger partial charge in [-0.2, -0.15) is 5.10 Å². The Labute approximate surface area is 217 Å². The lowest BCUT2D eigenvalue weighted by Gasteiger charge is -2.25. The molecule has 1 saturated heterocycles. The second-order valence-corrected chi connectivity index (χ2v) is 8.74. The van der Waals surface area contributed by atoms with E-state index in [1.54, 1.807) is 48.5 Å². The second-order valence-electron chi connectivity index (χ2n) is 8.34. The van der Waals surface area contributed by atoms with E-state index in [9.17, 15) is 14.4 Å². The Balaban J connectivity index is 1.48.